The van der Waals surface area contributed by atoms with Gasteiger partial charge in [0, 0.05) is 9.37 Å². The second kappa shape index (κ2) is 4.66. The quantitative estimate of drug-likeness (QED) is 0.918. The van der Waals surface area contributed by atoms with Gasteiger partial charge in [0.1, 0.15) is 0 Å². The summed E-state index contributed by atoms with van der Waals surface area (Å²) in [5.74, 6) is 0. The first kappa shape index (κ1) is 10.5. The molecule has 0 atom stereocenters. The van der Waals surface area contributed by atoms with E-state index in [0.29, 0.717) is 5.25 Å². The van der Waals surface area contributed by atoms with E-state index >= 15 is 0 Å². The van der Waals surface area contributed by atoms with Gasteiger partial charge >= 0.3 is 0 Å². The Bertz CT molecular complexity index is 326. The summed E-state index contributed by atoms with van der Waals surface area (Å²) in [6.07, 6.45) is 0. The monoisotopic (exact) mass is 274 g/mol. The molecule has 0 saturated carbocycles. The van der Waals surface area contributed by atoms with Gasteiger partial charge in [-0.05, 0) is 27.6 Å². The summed E-state index contributed by atoms with van der Waals surface area (Å²) >= 11 is 5.27. The van der Waals surface area contributed by atoms with Crippen LogP contribution in [0.25, 0.3) is 0 Å². The number of hydrogen-bond acceptors (Lipinski definition) is 3. The lowest BCUT2D eigenvalue weighted by Crippen LogP contribution is -2.30. The molecule has 4 heteroatoms. The molecule has 2 nitrogen and oxygen atoms in total. The van der Waals surface area contributed by atoms with Gasteiger partial charge in [-0.3, -0.25) is 0 Å². The molecule has 0 aliphatic carbocycles. The Kier molecular flexibility index (Phi) is 3.49. The lowest BCUT2D eigenvalue weighted by molar-refractivity contribution is 0.0455. The highest BCUT2D eigenvalue weighted by Gasteiger charge is 2.21. The number of thioether (sulfide) groups is 1. The van der Waals surface area contributed by atoms with Crippen LogP contribution in [0, 0.1) is 0 Å². The number of rotatable bonds is 3. The molecule has 0 bridgehead atoms. The van der Waals surface area contributed by atoms with E-state index in [4.69, 9.17) is 4.74 Å². The number of aliphatic hydroxyl groups excluding tert-OH is 1. The van der Waals surface area contributed by atoms with Crippen LogP contribution < -0.4 is 0 Å². The van der Waals surface area contributed by atoms with Crippen molar-refractivity contribution >= 4 is 27.7 Å². The van der Waals surface area contributed by atoms with Crippen molar-refractivity contribution < 1.29 is 9.84 Å². The highest BCUT2D eigenvalue weighted by Crippen LogP contribution is 2.36. The number of hydrogen-bond donors (Lipinski definition) is 1. The molecule has 0 aromatic heterocycles. The summed E-state index contributed by atoms with van der Waals surface area (Å²) in [4.78, 5) is 1.14. The third-order valence-electron chi connectivity index (χ3n) is 2.11. The van der Waals surface area contributed by atoms with E-state index in [2.05, 4.69) is 15.9 Å². The largest absolute Gasteiger partial charge is 0.392 e. The Morgan fingerprint density at radius 3 is 2.86 bits per heavy atom. The summed E-state index contributed by atoms with van der Waals surface area (Å²) < 4.78 is 6.18. The standard InChI is InChI=1S/C10H11BrO2S/c11-9-3-1-2-7(4-12)10(9)14-8-5-13-6-8/h1-3,8,12H,4-6H2. The van der Waals surface area contributed by atoms with Gasteiger partial charge in [0.15, 0.2) is 0 Å². The molecule has 0 spiro atoms. The highest BCUT2D eigenvalue weighted by atomic mass is 79.9. The van der Waals surface area contributed by atoms with Crippen LogP contribution in [0.4, 0.5) is 0 Å². The van der Waals surface area contributed by atoms with Gasteiger partial charge in [0.25, 0.3) is 0 Å². The van der Waals surface area contributed by atoms with E-state index < -0.39 is 0 Å². The molecule has 1 fully saturated rings. The minimum atomic E-state index is 0.0926. The Morgan fingerprint density at radius 1 is 1.50 bits per heavy atom. The lowest BCUT2D eigenvalue weighted by Gasteiger charge is -2.26. The molecule has 0 unspecified atom stereocenters. The Morgan fingerprint density at radius 2 is 2.29 bits per heavy atom. The lowest BCUT2D eigenvalue weighted by atomic mass is 10.2. The number of aliphatic hydroxyl groups is 1. The smallest absolute Gasteiger partial charge is 0.0693 e. The summed E-state index contributed by atoms with van der Waals surface area (Å²) in [5.41, 5.74) is 0.983. The molecule has 14 heavy (non-hydrogen) atoms. The van der Waals surface area contributed by atoms with Crippen LogP contribution in [0.1, 0.15) is 5.56 Å². The molecule has 1 saturated heterocycles. The van der Waals surface area contributed by atoms with Crippen LogP contribution in [0.5, 0.6) is 0 Å². The summed E-state index contributed by atoms with van der Waals surface area (Å²) in [6, 6.07) is 5.89. The summed E-state index contributed by atoms with van der Waals surface area (Å²) in [5, 5.41) is 9.72. The molecular weight excluding hydrogens is 264 g/mol. The van der Waals surface area contributed by atoms with Crippen molar-refractivity contribution in [1.29, 1.82) is 0 Å². The Hall–Kier alpha value is -0.0300. The number of benzene rings is 1. The molecule has 1 aliphatic heterocycles. The molecule has 1 aliphatic rings. The molecule has 1 aromatic rings. The molecule has 76 valence electrons. The predicted octanol–water partition coefficient (Wildman–Crippen LogP) is 2.43. The first-order valence-corrected chi connectivity index (χ1v) is 6.11. The fourth-order valence-corrected chi connectivity index (χ4v) is 3.07. The average molecular weight is 275 g/mol. The minimum absolute atomic E-state index is 0.0926. The van der Waals surface area contributed by atoms with Crippen LogP contribution >= 0.6 is 27.7 Å². The number of ether oxygens (including phenoxy) is 1. The second-order valence-electron chi connectivity index (χ2n) is 3.16. The zero-order valence-electron chi connectivity index (χ0n) is 7.57. The first-order chi connectivity index (χ1) is 6.81. The van der Waals surface area contributed by atoms with E-state index in [1.165, 1.54) is 0 Å². The summed E-state index contributed by atoms with van der Waals surface area (Å²) in [7, 11) is 0. The van der Waals surface area contributed by atoms with E-state index in [0.717, 1.165) is 28.1 Å². The first-order valence-electron chi connectivity index (χ1n) is 4.44. The van der Waals surface area contributed by atoms with E-state index in [1.54, 1.807) is 11.8 Å². The van der Waals surface area contributed by atoms with Gasteiger partial charge in [-0.1, -0.05) is 12.1 Å². The van der Waals surface area contributed by atoms with Crippen LogP contribution in [-0.2, 0) is 11.3 Å². The summed E-state index contributed by atoms with van der Waals surface area (Å²) in [6.45, 7) is 1.73. The zero-order valence-corrected chi connectivity index (χ0v) is 9.97. The molecule has 0 radical (unpaired) electrons. The van der Waals surface area contributed by atoms with E-state index in [9.17, 15) is 5.11 Å². The molecule has 2 rings (SSSR count). The fraction of sp³-hybridized carbons (Fsp3) is 0.400. The zero-order chi connectivity index (χ0) is 9.97. The van der Waals surface area contributed by atoms with Crippen LogP contribution in [-0.4, -0.2) is 23.6 Å². The van der Waals surface area contributed by atoms with Gasteiger partial charge in [-0.2, -0.15) is 0 Å². The van der Waals surface area contributed by atoms with Crippen molar-refractivity contribution in [2.45, 2.75) is 16.8 Å². The van der Waals surface area contributed by atoms with Crippen molar-refractivity contribution in [3.63, 3.8) is 0 Å². The van der Waals surface area contributed by atoms with E-state index in [-0.39, 0.29) is 6.61 Å². The molecule has 1 heterocycles. The Labute approximate surface area is 95.8 Å². The SMILES string of the molecule is OCc1cccc(Br)c1SC1COC1. The average Bonchev–Trinajstić information content (AvgIpc) is 2.12. The Balaban J connectivity index is 2.19. The number of halogens is 1. The van der Waals surface area contributed by atoms with Gasteiger partial charge in [0.05, 0.1) is 25.1 Å². The fourth-order valence-electron chi connectivity index (χ4n) is 1.26. The van der Waals surface area contributed by atoms with E-state index in [1.807, 2.05) is 18.2 Å². The van der Waals surface area contributed by atoms with Crippen molar-refractivity contribution in [1.82, 2.24) is 0 Å². The molecule has 1 aromatic carbocycles. The van der Waals surface area contributed by atoms with Crippen molar-refractivity contribution in [3.8, 4) is 0 Å². The highest BCUT2D eigenvalue weighted by molar-refractivity contribution is 9.10. The normalized spacial score (nSPS) is 16.7. The van der Waals surface area contributed by atoms with Crippen LogP contribution in [0.15, 0.2) is 27.6 Å². The van der Waals surface area contributed by atoms with Crippen molar-refractivity contribution in [2.75, 3.05) is 13.2 Å². The minimum Gasteiger partial charge on any atom is -0.392 e. The van der Waals surface area contributed by atoms with Crippen LogP contribution in [0.2, 0.25) is 0 Å². The third-order valence-corrected chi connectivity index (χ3v) is 4.36. The maximum Gasteiger partial charge on any atom is 0.0693 e. The second-order valence-corrected chi connectivity index (χ2v) is 5.33. The van der Waals surface area contributed by atoms with Crippen LogP contribution in [0.3, 0.4) is 0 Å². The topological polar surface area (TPSA) is 29.5 Å². The molecular formula is C10H11BrO2S. The maximum atomic E-state index is 9.18. The van der Waals surface area contributed by atoms with Gasteiger partial charge in [-0.25, -0.2) is 0 Å². The molecule has 1 N–H and O–H groups in total. The van der Waals surface area contributed by atoms with Gasteiger partial charge in [-0.15, -0.1) is 11.8 Å². The van der Waals surface area contributed by atoms with Gasteiger partial charge < -0.3 is 9.84 Å². The van der Waals surface area contributed by atoms with Crippen molar-refractivity contribution in [2.24, 2.45) is 0 Å². The predicted molar refractivity (Wildman–Crippen MR) is 60.5 cm³/mol. The molecule has 0 amide bonds. The third kappa shape index (κ3) is 2.14. The van der Waals surface area contributed by atoms with Crippen molar-refractivity contribution in [3.05, 3.63) is 28.2 Å². The maximum absolute atomic E-state index is 9.18. The van der Waals surface area contributed by atoms with Gasteiger partial charge in [0.2, 0.25) is 0 Å².